The van der Waals surface area contributed by atoms with Crippen LogP contribution >= 0.6 is 0 Å². The van der Waals surface area contributed by atoms with Crippen molar-refractivity contribution in [2.75, 3.05) is 0 Å². The van der Waals surface area contributed by atoms with E-state index in [9.17, 15) is 10.1 Å². The first-order valence-electron chi connectivity index (χ1n) is 3.54. The fraction of sp³-hybridized carbons (Fsp3) is 0.143. The maximum absolute atomic E-state index is 10.3. The maximum Gasteiger partial charge on any atom is 0.269 e. The number of nitro benzene ring substituents is 1. The summed E-state index contributed by atoms with van der Waals surface area (Å²) in [4.78, 5) is 13.7. The van der Waals surface area contributed by atoms with Crippen molar-refractivity contribution in [1.82, 2.24) is 0 Å². The van der Waals surface area contributed by atoms with Gasteiger partial charge in [0.25, 0.3) is 5.69 Å². The molecule has 1 aromatic carbocycles. The Bertz CT molecular complexity index is 310. The van der Waals surface area contributed by atoms with Gasteiger partial charge < -0.3 is 5.11 Å². The Hall–Kier alpha value is -1.54. The Kier molecular flexibility index (Phi) is 3.48. The van der Waals surface area contributed by atoms with E-state index in [4.69, 9.17) is 10.4 Å². The lowest BCUT2D eigenvalue weighted by Gasteiger charge is -2.06. The van der Waals surface area contributed by atoms with Crippen LogP contribution in [0.2, 0.25) is 0 Å². The van der Waals surface area contributed by atoms with E-state index in [1.165, 1.54) is 24.3 Å². The van der Waals surface area contributed by atoms with Gasteiger partial charge in [-0.05, 0) is 12.1 Å². The van der Waals surface area contributed by atoms with Crippen molar-refractivity contribution >= 4 is 5.69 Å². The van der Waals surface area contributed by atoms with Crippen LogP contribution in [0.1, 0.15) is 11.9 Å². The molecule has 0 aliphatic carbocycles. The predicted molar refractivity (Wildman–Crippen MR) is 42.9 cm³/mol. The molecular weight excluding hydrogens is 194 g/mol. The number of benzene rings is 1. The second-order valence-corrected chi connectivity index (χ2v) is 2.37. The van der Waals surface area contributed by atoms with Gasteiger partial charge in [0.2, 0.25) is 6.29 Å². The molecule has 7 heteroatoms. The minimum atomic E-state index is -1.49. The average Bonchev–Trinajstić information content (AvgIpc) is 2.18. The second-order valence-electron chi connectivity index (χ2n) is 2.37. The first kappa shape index (κ1) is 10.5. The quantitative estimate of drug-likeness (QED) is 0.326. The Morgan fingerprint density at radius 1 is 1.36 bits per heavy atom. The molecule has 0 bridgehead atoms. The van der Waals surface area contributed by atoms with Crippen molar-refractivity contribution in [3.8, 4) is 0 Å². The van der Waals surface area contributed by atoms with Gasteiger partial charge in [-0.1, -0.05) is 5.04 Å². The molecular formula is C7H7NO6. The highest BCUT2D eigenvalue weighted by Gasteiger charge is 2.11. The van der Waals surface area contributed by atoms with Crippen molar-refractivity contribution in [2.24, 2.45) is 0 Å². The summed E-state index contributed by atoms with van der Waals surface area (Å²) in [5, 5.41) is 30.4. The highest BCUT2D eigenvalue weighted by atomic mass is 17.5. The van der Waals surface area contributed by atoms with Crippen LogP contribution in [0.3, 0.4) is 0 Å². The Morgan fingerprint density at radius 3 is 2.36 bits per heavy atom. The summed E-state index contributed by atoms with van der Waals surface area (Å²) in [6, 6.07) is 4.95. The van der Waals surface area contributed by atoms with E-state index >= 15 is 0 Å². The summed E-state index contributed by atoms with van der Waals surface area (Å²) < 4.78 is 0. The number of non-ortho nitro benzene ring substituents is 1. The number of aliphatic hydroxyl groups excluding tert-OH is 1. The average molecular weight is 201 g/mol. The molecule has 14 heavy (non-hydrogen) atoms. The van der Waals surface area contributed by atoms with Gasteiger partial charge in [0.1, 0.15) is 0 Å². The van der Waals surface area contributed by atoms with Gasteiger partial charge in [-0.25, -0.2) is 5.26 Å². The Morgan fingerprint density at radius 2 is 1.93 bits per heavy atom. The summed E-state index contributed by atoms with van der Waals surface area (Å²) in [7, 11) is 0. The fourth-order valence-electron chi connectivity index (χ4n) is 0.857. The molecule has 0 saturated heterocycles. The summed E-state index contributed by atoms with van der Waals surface area (Å²) in [5.41, 5.74) is 0.121. The number of hydrogen-bond acceptors (Lipinski definition) is 6. The molecule has 1 rings (SSSR count). The van der Waals surface area contributed by atoms with Gasteiger partial charge in [0, 0.05) is 17.7 Å². The highest BCUT2D eigenvalue weighted by Crippen LogP contribution is 2.18. The van der Waals surface area contributed by atoms with Crippen LogP contribution in [0, 0.1) is 10.1 Å². The third-order valence-corrected chi connectivity index (χ3v) is 1.52. The van der Waals surface area contributed by atoms with E-state index in [0.717, 1.165) is 0 Å². The maximum atomic E-state index is 10.3. The third kappa shape index (κ3) is 2.47. The van der Waals surface area contributed by atoms with Crippen LogP contribution in [0.15, 0.2) is 24.3 Å². The first-order valence-corrected chi connectivity index (χ1v) is 3.54. The van der Waals surface area contributed by atoms with E-state index < -0.39 is 11.2 Å². The van der Waals surface area contributed by atoms with Crippen LogP contribution < -0.4 is 0 Å². The zero-order valence-corrected chi connectivity index (χ0v) is 6.86. The Balaban J connectivity index is 2.77. The van der Waals surface area contributed by atoms with Gasteiger partial charge in [-0.3, -0.25) is 10.1 Å². The standard InChI is InChI=1S/C7H7NO6/c9-7(13-14-12)5-1-3-6(4-2-5)8(10)11/h1-4,7,9,12H. The zero-order valence-electron chi connectivity index (χ0n) is 6.86. The first-order chi connectivity index (χ1) is 6.65. The molecule has 2 N–H and O–H groups in total. The molecule has 1 unspecified atom stereocenters. The van der Waals surface area contributed by atoms with Crippen molar-refractivity contribution < 1.29 is 25.2 Å². The zero-order chi connectivity index (χ0) is 10.6. The molecule has 0 aliphatic rings. The topological polar surface area (TPSA) is 102 Å². The molecule has 0 heterocycles. The fourth-order valence-corrected chi connectivity index (χ4v) is 0.857. The minimum Gasteiger partial charge on any atom is -0.362 e. The summed E-state index contributed by atoms with van der Waals surface area (Å²) in [6.45, 7) is 0. The molecule has 76 valence electrons. The molecule has 0 aromatic heterocycles. The monoisotopic (exact) mass is 201 g/mol. The van der Waals surface area contributed by atoms with E-state index in [2.05, 4.69) is 9.93 Å². The molecule has 0 radical (unpaired) electrons. The Labute approximate surface area is 78.1 Å². The molecule has 7 nitrogen and oxygen atoms in total. The lowest BCUT2D eigenvalue weighted by atomic mass is 10.2. The van der Waals surface area contributed by atoms with Crippen molar-refractivity contribution in [3.05, 3.63) is 39.9 Å². The summed E-state index contributed by atoms with van der Waals surface area (Å²) in [5.74, 6) is 0. The SMILES string of the molecule is O=[N+]([O-])c1ccc(C(O)OOO)cc1. The molecule has 0 fully saturated rings. The van der Waals surface area contributed by atoms with Gasteiger partial charge in [0.05, 0.1) is 4.92 Å². The lowest BCUT2D eigenvalue weighted by Crippen LogP contribution is -2.02. The number of hydrogen-bond donors (Lipinski definition) is 2. The number of rotatable bonds is 4. The van der Waals surface area contributed by atoms with Crippen molar-refractivity contribution in [1.29, 1.82) is 0 Å². The van der Waals surface area contributed by atoms with E-state index in [0.29, 0.717) is 0 Å². The second kappa shape index (κ2) is 4.63. The van der Waals surface area contributed by atoms with E-state index in [-0.39, 0.29) is 11.3 Å². The van der Waals surface area contributed by atoms with Gasteiger partial charge in [-0.15, -0.1) is 0 Å². The minimum absolute atomic E-state index is 0.106. The molecule has 1 aromatic rings. The largest absolute Gasteiger partial charge is 0.362 e. The molecule has 0 spiro atoms. The van der Waals surface area contributed by atoms with E-state index in [1.807, 2.05) is 0 Å². The number of aliphatic hydroxyl groups is 1. The molecule has 1 atom stereocenters. The smallest absolute Gasteiger partial charge is 0.269 e. The molecule has 0 saturated carbocycles. The van der Waals surface area contributed by atoms with Gasteiger partial charge in [-0.2, -0.15) is 4.89 Å². The van der Waals surface area contributed by atoms with Crippen molar-refractivity contribution in [2.45, 2.75) is 6.29 Å². The normalized spacial score (nSPS) is 12.4. The van der Waals surface area contributed by atoms with E-state index in [1.54, 1.807) is 0 Å². The van der Waals surface area contributed by atoms with Crippen LogP contribution in [0.4, 0.5) is 5.69 Å². The molecule has 0 amide bonds. The van der Waals surface area contributed by atoms with Crippen LogP contribution in [0.25, 0.3) is 0 Å². The third-order valence-electron chi connectivity index (χ3n) is 1.52. The van der Waals surface area contributed by atoms with Crippen LogP contribution in [-0.2, 0) is 9.93 Å². The van der Waals surface area contributed by atoms with Crippen LogP contribution in [-0.4, -0.2) is 15.3 Å². The van der Waals surface area contributed by atoms with Crippen molar-refractivity contribution in [3.63, 3.8) is 0 Å². The number of nitro groups is 1. The number of nitrogens with zero attached hydrogens (tertiary/aromatic N) is 1. The van der Waals surface area contributed by atoms with Gasteiger partial charge >= 0.3 is 0 Å². The summed E-state index contributed by atoms with van der Waals surface area (Å²) >= 11 is 0. The van der Waals surface area contributed by atoms with Crippen LogP contribution in [0.5, 0.6) is 0 Å². The predicted octanol–water partition coefficient (Wildman–Crippen LogP) is 1.01. The summed E-state index contributed by atoms with van der Waals surface area (Å²) in [6.07, 6.45) is -1.49. The lowest BCUT2D eigenvalue weighted by molar-refractivity contribution is -0.530. The molecule has 0 aliphatic heterocycles. The highest BCUT2D eigenvalue weighted by molar-refractivity contribution is 5.33. The van der Waals surface area contributed by atoms with Gasteiger partial charge in [0.15, 0.2) is 0 Å².